The van der Waals surface area contributed by atoms with Crippen LogP contribution < -0.4 is 14.8 Å². The number of carbonyl (C=O) groups excluding carboxylic acids is 2. The van der Waals surface area contributed by atoms with Crippen LogP contribution in [0.25, 0.3) is 0 Å². The molecule has 0 unspecified atom stereocenters. The summed E-state index contributed by atoms with van der Waals surface area (Å²) in [5.74, 6) is -0.779. The Balaban J connectivity index is 1.66. The van der Waals surface area contributed by atoms with E-state index in [1.165, 1.54) is 11.4 Å². The normalized spacial score (nSPS) is 11.2. The second-order valence-corrected chi connectivity index (χ2v) is 12.0. The lowest BCUT2D eigenvalue weighted by Crippen LogP contribution is -2.19. The number of halogens is 1. The van der Waals surface area contributed by atoms with Crippen LogP contribution in [0.15, 0.2) is 26.9 Å². The van der Waals surface area contributed by atoms with Gasteiger partial charge >= 0.3 is 6.16 Å². The van der Waals surface area contributed by atoms with Crippen molar-refractivity contribution < 1.29 is 41.9 Å². The van der Waals surface area contributed by atoms with Crippen molar-refractivity contribution in [2.45, 2.75) is 58.3 Å². The van der Waals surface area contributed by atoms with E-state index in [9.17, 15) is 28.1 Å². The number of nitrogens with zero attached hydrogens (tertiary/aromatic N) is 2. The van der Waals surface area contributed by atoms with Gasteiger partial charge in [0.25, 0.3) is 26.9 Å². The van der Waals surface area contributed by atoms with Crippen LogP contribution in [-0.2, 0) is 19.6 Å². The number of hydrogen-bond acceptors (Lipinski definition) is 12. The first-order valence-electron chi connectivity index (χ1n) is 12.6. The molecule has 2 N–H and O–H groups in total. The van der Waals surface area contributed by atoms with Crippen LogP contribution in [-0.4, -0.2) is 43.9 Å². The molecule has 0 spiro atoms. The molecular weight excluding hydrogens is 616 g/mol. The predicted molar refractivity (Wildman–Crippen MR) is 153 cm³/mol. The minimum Gasteiger partial charge on any atom is -0.434 e. The van der Waals surface area contributed by atoms with Gasteiger partial charge in [0.1, 0.15) is 26.2 Å². The number of nitrogens with one attached hydrogen (secondary N) is 2. The maximum atomic E-state index is 13.3. The Kier molecular flexibility index (Phi) is 11.1. The number of aryl methyl sites for hydroxylation is 3. The summed E-state index contributed by atoms with van der Waals surface area (Å²) in [6.45, 7) is 6.76. The molecule has 228 valence electrons. The summed E-state index contributed by atoms with van der Waals surface area (Å²) in [5, 5.41) is 17.1. The van der Waals surface area contributed by atoms with Gasteiger partial charge in [0.2, 0.25) is 0 Å². The predicted octanol–water partition coefficient (Wildman–Crippen LogP) is 5.96. The molecule has 2 aromatic heterocycles. The lowest BCUT2D eigenvalue weighted by Gasteiger charge is -2.17. The molecule has 1 amide bonds. The van der Waals surface area contributed by atoms with Crippen molar-refractivity contribution in [1.82, 2.24) is 5.16 Å². The van der Waals surface area contributed by atoms with E-state index in [1.807, 2.05) is 0 Å². The maximum absolute atomic E-state index is 13.3. The Morgan fingerprint density at radius 1 is 1.12 bits per heavy atom. The number of rotatable bonds is 14. The Morgan fingerprint density at radius 3 is 2.45 bits per heavy atom. The van der Waals surface area contributed by atoms with Crippen LogP contribution in [0.5, 0.6) is 5.75 Å². The standard InChI is InChI=1S/C25H29ClN4O10S2/c1-14-13-15(2)21(39-25(32)37-10-7-5-6-8-11-38-30(33)34)16(3)20(14)27-23(31)22-18(9-12-41-22)42(35,36)29-24-19(26)17(4)28-40-24/h9,12-13,29H,5-8,10-11H2,1-4H3,(H,27,31). The van der Waals surface area contributed by atoms with Gasteiger partial charge in [0, 0.05) is 5.56 Å². The van der Waals surface area contributed by atoms with Crippen LogP contribution in [0.2, 0.25) is 5.02 Å². The van der Waals surface area contributed by atoms with Gasteiger partial charge in [-0.05, 0) is 69.5 Å². The number of aromatic nitrogens is 1. The summed E-state index contributed by atoms with van der Waals surface area (Å²) in [5.41, 5.74) is 2.34. The van der Waals surface area contributed by atoms with Gasteiger partial charge in [-0.1, -0.05) is 29.2 Å². The Morgan fingerprint density at radius 2 is 1.81 bits per heavy atom. The quantitative estimate of drug-likeness (QED) is 0.0692. The molecule has 0 bridgehead atoms. The lowest BCUT2D eigenvalue weighted by molar-refractivity contribution is -0.757. The monoisotopic (exact) mass is 644 g/mol. The molecule has 0 aliphatic heterocycles. The fourth-order valence-electron chi connectivity index (χ4n) is 3.93. The minimum absolute atomic E-state index is 0.00272. The van der Waals surface area contributed by atoms with Crippen molar-refractivity contribution >= 4 is 56.6 Å². The van der Waals surface area contributed by atoms with E-state index < -0.39 is 27.2 Å². The second kappa shape index (κ2) is 14.3. The van der Waals surface area contributed by atoms with Crippen molar-refractivity contribution in [2.24, 2.45) is 0 Å². The molecule has 0 aliphatic rings. The highest BCUT2D eigenvalue weighted by molar-refractivity contribution is 7.93. The summed E-state index contributed by atoms with van der Waals surface area (Å²) < 4.78 is 43.7. The third-order valence-corrected chi connectivity index (χ3v) is 8.78. The molecule has 0 radical (unpaired) electrons. The number of amides is 1. The molecule has 1 aromatic carbocycles. The highest BCUT2D eigenvalue weighted by Gasteiger charge is 2.28. The van der Waals surface area contributed by atoms with Gasteiger partial charge in [-0.25, -0.2) is 17.9 Å². The van der Waals surface area contributed by atoms with E-state index >= 15 is 0 Å². The number of sulfonamides is 1. The molecule has 3 rings (SSSR count). The zero-order chi connectivity index (χ0) is 31.0. The third kappa shape index (κ3) is 8.33. The Bertz CT molecular complexity index is 1570. The SMILES string of the molecule is Cc1cc(C)c(OC(=O)OCCCCCCO[N+](=O)[O-])c(C)c1NC(=O)c1sccc1S(=O)(=O)Nc1onc(C)c1Cl. The topological polar surface area (TPSA) is 189 Å². The summed E-state index contributed by atoms with van der Waals surface area (Å²) >= 11 is 6.94. The van der Waals surface area contributed by atoms with Gasteiger partial charge in [0.15, 0.2) is 0 Å². The number of thiophene rings is 1. The molecule has 17 heteroatoms. The highest BCUT2D eigenvalue weighted by Crippen LogP contribution is 2.35. The molecule has 42 heavy (non-hydrogen) atoms. The van der Waals surface area contributed by atoms with E-state index in [2.05, 4.69) is 20.0 Å². The van der Waals surface area contributed by atoms with Crippen molar-refractivity contribution in [3.63, 3.8) is 0 Å². The van der Waals surface area contributed by atoms with E-state index in [1.54, 1.807) is 33.8 Å². The summed E-state index contributed by atoms with van der Waals surface area (Å²) in [7, 11) is -4.26. The van der Waals surface area contributed by atoms with Crippen LogP contribution >= 0.6 is 22.9 Å². The van der Waals surface area contributed by atoms with Crippen molar-refractivity contribution in [1.29, 1.82) is 0 Å². The van der Waals surface area contributed by atoms with Crippen molar-refractivity contribution in [3.05, 3.63) is 59.9 Å². The first kappa shape index (κ1) is 32.6. The highest BCUT2D eigenvalue weighted by atomic mass is 35.5. The molecular formula is C25H29ClN4O10S2. The van der Waals surface area contributed by atoms with Crippen molar-refractivity contribution in [3.8, 4) is 5.75 Å². The zero-order valence-electron chi connectivity index (χ0n) is 23.1. The van der Waals surface area contributed by atoms with Crippen LogP contribution in [0.1, 0.15) is 57.7 Å². The summed E-state index contributed by atoms with van der Waals surface area (Å²) in [6, 6.07) is 2.99. The molecule has 0 aliphatic carbocycles. The molecule has 3 aromatic rings. The lowest BCUT2D eigenvalue weighted by atomic mass is 10.0. The van der Waals surface area contributed by atoms with E-state index in [0.717, 1.165) is 11.3 Å². The minimum atomic E-state index is -4.26. The Hall–Kier alpha value is -3.89. The molecule has 0 saturated carbocycles. The summed E-state index contributed by atoms with van der Waals surface area (Å²) in [6.07, 6.45) is 1.45. The number of ether oxygens (including phenoxy) is 2. The first-order valence-corrected chi connectivity index (χ1v) is 15.3. The van der Waals surface area contributed by atoms with Crippen molar-refractivity contribution in [2.75, 3.05) is 23.3 Å². The maximum Gasteiger partial charge on any atom is 0.513 e. The smallest absolute Gasteiger partial charge is 0.434 e. The largest absolute Gasteiger partial charge is 0.513 e. The van der Waals surface area contributed by atoms with Gasteiger partial charge < -0.3 is 24.2 Å². The average molecular weight is 645 g/mol. The number of hydrogen-bond donors (Lipinski definition) is 2. The fourth-order valence-corrected chi connectivity index (χ4v) is 6.42. The number of benzene rings is 1. The molecule has 14 nitrogen and oxygen atoms in total. The average Bonchev–Trinajstić information content (AvgIpc) is 3.54. The van der Waals surface area contributed by atoms with E-state index in [4.69, 9.17) is 25.6 Å². The van der Waals surface area contributed by atoms with E-state index in [0.29, 0.717) is 53.8 Å². The second-order valence-electron chi connectivity index (χ2n) is 9.10. The third-order valence-electron chi connectivity index (χ3n) is 5.92. The fraction of sp³-hybridized carbons (Fsp3) is 0.400. The molecule has 2 heterocycles. The van der Waals surface area contributed by atoms with Crippen LogP contribution in [0.4, 0.5) is 16.4 Å². The number of anilines is 2. The summed E-state index contributed by atoms with van der Waals surface area (Å²) in [4.78, 5) is 39.6. The molecule has 0 fully saturated rings. The van der Waals surface area contributed by atoms with Gasteiger partial charge in [-0.2, -0.15) is 0 Å². The van der Waals surface area contributed by atoms with Gasteiger partial charge in [-0.3, -0.25) is 4.79 Å². The van der Waals surface area contributed by atoms with Gasteiger partial charge in [-0.15, -0.1) is 21.5 Å². The zero-order valence-corrected chi connectivity index (χ0v) is 25.5. The van der Waals surface area contributed by atoms with E-state index in [-0.39, 0.29) is 39.6 Å². The first-order chi connectivity index (χ1) is 19.8. The molecule has 0 atom stereocenters. The Labute approximate surface area is 250 Å². The molecule has 0 saturated heterocycles. The van der Waals surface area contributed by atoms with Crippen LogP contribution in [0, 0.1) is 37.8 Å². The number of carbonyl (C=O) groups is 2. The van der Waals surface area contributed by atoms with Gasteiger partial charge in [0.05, 0.1) is 18.9 Å². The van der Waals surface area contributed by atoms with Crippen LogP contribution in [0.3, 0.4) is 0 Å². The number of unbranched alkanes of at least 4 members (excludes halogenated alkanes) is 3.